The maximum absolute atomic E-state index is 13.0. The van der Waals surface area contributed by atoms with Crippen molar-refractivity contribution in [1.82, 2.24) is 10.2 Å². The van der Waals surface area contributed by atoms with Gasteiger partial charge < -0.3 is 10.2 Å². The normalized spacial score (nSPS) is 22.0. The van der Waals surface area contributed by atoms with Gasteiger partial charge >= 0.3 is 0 Å². The lowest BCUT2D eigenvalue weighted by Crippen LogP contribution is -2.46. The zero-order valence-electron chi connectivity index (χ0n) is 13.0. The molecule has 2 aliphatic rings. The van der Waals surface area contributed by atoms with E-state index < -0.39 is 0 Å². The molecular weight excluding hydrogens is 260 g/mol. The molecule has 3 heteroatoms. The number of rotatable bonds is 5. The van der Waals surface area contributed by atoms with Crippen molar-refractivity contribution in [3.05, 3.63) is 35.4 Å². The third kappa shape index (κ3) is 3.46. The summed E-state index contributed by atoms with van der Waals surface area (Å²) in [5.41, 5.74) is 2.08. The van der Waals surface area contributed by atoms with E-state index in [1.165, 1.54) is 37.7 Å². The van der Waals surface area contributed by atoms with Crippen LogP contribution in [-0.4, -0.2) is 36.0 Å². The molecule has 21 heavy (non-hydrogen) atoms. The molecule has 0 spiro atoms. The molecule has 1 atom stereocenters. The Hall–Kier alpha value is -1.35. The highest BCUT2D eigenvalue weighted by atomic mass is 16.2. The SMILES string of the molecule is CCc1ccccc1C(=O)N(CC1CCCCN1)C1CC1. The molecular formula is C18H26N2O. The second-order valence-electron chi connectivity index (χ2n) is 6.35. The lowest BCUT2D eigenvalue weighted by molar-refractivity contribution is 0.0717. The van der Waals surface area contributed by atoms with Gasteiger partial charge in [-0.3, -0.25) is 4.79 Å². The van der Waals surface area contributed by atoms with E-state index in [9.17, 15) is 4.79 Å². The first-order chi connectivity index (χ1) is 10.3. The fourth-order valence-electron chi connectivity index (χ4n) is 3.29. The number of nitrogens with zero attached hydrogens (tertiary/aromatic N) is 1. The Labute approximate surface area is 127 Å². The number of hydrogen-bond donors (Lipinski definition) is 1. The third-order valence-electron chi connectivity index (χ3n) is 4.71. The summed E-state index contributed by atoms with van der Waals surface area (Å²) in [6.07, 6.45) is 7.02. The van der Waals surface area contributed by atoms with Crippen molar-refractivity contribution in [1.29, 1.82) is 0 Å². The van der Waals surface area contributed by atoms with Gasteiger partial charge in [0, 0.05) is 24.2 Å². The first kappa shape index (κ1) is 14.6. The topological polar surface area (TPSA) is 32.3 Å². The van der Waals surface area contributed by atoms with Crippen molar-refractivity contribution >= 4 is 5.91 Å². The minimum atomic E-state index is 0.238. The van der Waals surface area contributed by atoms with Crippen molar-refractivity contribution < 1.29 is 4.79 Å². The van der Waals surface area contributed by atoms with Gasteiger partial charge in [-0.2, -0.15) is 0 Å². The molecule has 0 radical (unpaired) electrons. The average molecular weight is 286 g/mol. The van der Waals surface area contributed by atoms with E-state index >= 15 is 0 Å². The lowest BCUT2D eigenvalue weighted by Gasteiger charge is -2.31. The predicted molar refractivity (Wildman–Crippen MR) is 85.5 cm³/mol. The minimum Gasteiger partial charge on any atom is -0.334 e. The fraction of sp³-hybridized carbons (Fsp3) is 0.611. The minimum absolute atomic E-state index is 0.238. The number of amides is 1. The van der Waals surface area contributed by atoms with Crippen molar-refractivity contribution in [3.8, 4) is 0 Å². The van der Waals surface area contributed by atoms with E-state index in [4.69, 9.17) is 0 Å². The van der Waals surface area contributed by atoms with Gasteiger partial charge in [-0.25, -0.2) is 0 Å². The largest absolute Gasteiger partial charge is 0.334 e. The summed E-state index contributed by atoms with van der Waals surface area (Å²) in [5.74, 6) is 0.238. The summed E-state index contributed by atoms with van der Waals surface area (Å²) in [7, 11) is 0. The molecule has 1 aliphatic heterocycles. The number of carbonyl (C=O) groups excluding carboxylic acids is 1. The molecule has 1 saturated carbocycles. The highest BCUT2D eigenvalue weighted by Crippen LogP contribution is 2.29. The number of carbonyl (C=O) groups is 1. The maximum Gasteiger partial charge on any atom is 0.254 e. The van der Waals surface area contributed by atoms with Crippen LogP contribution in [0.5, 0.6) is 0 Å². The van der Waals surface area contributed by atoms with Gasteiger partial charge in [-0.1, -0.05) is 31.5 Å². The molecule has 3 nitrogen and oxygen atoms in total. The zero-order chi connectivity index (χ0) is 14.7. The molecule has 1 unspecified atom stereocenters. The van der Waals surface area contributed by atoms with Crippen LogP contribution in [0.15, 0.2) is 24.3 Å². The summed E-state index contributed by atoms with van der Waals surface area (Å²) >= 11 is 0. The summed E-state index contributed by atoms with van der Waals surface area (Å²) in [6.45, 7) is 4.10. The fourth-order valence-corrected chi connectivity index (χ4v) is 3.29. The first-order valence-corrected chi connectivity index (χ1v) is 8.42. The molecule has 1 N–H and O–H groups in total. The molecule has 1 saturated heterocycles. The Balaban J connectivity index is 1.75. The standard InChI is InChI=1S/C18H26N2O/c1-2-14-7-3-4-9-17(14)18(21)20(16-10-11-16)13-15-8-5-6-12-19-15/h3-4,7,9,15-16,19H,2,5-6,8,10-13H2,1H3. The number of hydrogen-bond acceptors (Lipinski definition) is 2. The average Bonchev–Trinajstić information content (AvgIpc) is 3.37. The smallest absolute Gasteiger partial charge is 0.254 e. The van der Waals surface area contributed by atoms with Crippen molar-refractivity contribution in [3.63, 3.8) is 0 Å². The van der Waals surface area contributed by atoms with E-state index in [1.807, 2.05) is 18.2 Å². The second kappa shape index (κ2) is 6.61. The Morgan fingerprint density at radius 2 is 2.05 bits per heavy atom. The zero-order valence-corrected chi connectivity index (χ0v) is 13.0. The van der Waals surface area contributed by atoms with Crippen LogP contribution in [0.2, 0.25) is 0 Å². The van der Waals surface area contributed by atoms with E-state index in [0.717, 1.165) is 25.1 Å². The van der Waals surface area contributed by atoms with E-state index in [1.54, 1.807) is 0 Å². The van der Waals surface area contributed by atoms with Crippen LogP contribution >= 0.6 is 0 Å². The Morgan fingerprint density at radius 1 is 1.24 bits per heavy atom. The van der Waals surface area contributed by atoms with Crippen molar-refractivity contribution in [2.45, 2.75) is 57.5 Å². The Morgan fingerprint density at radius 3 is 2.71 bits per heavy atom. The number of piperidine rings is 1. The van der Waals surface area contributed by atoms with Gasteiger partial charge in [0.15, 0.2) is 0 Å². The Kier molecular flexibility index (Phi) is 4.59. The summed E-state index contributed by atoms with van der Waals surface area (Å²) in [6, 6.07) is 9.04. The molecule has 114 valence electrons. The van der Waals surface area contributed by atoms with Gasteiger partial charge in [0.2, 0.25) is 0 Å². The van der Waals surface area contributed by atoms with Gasteiger partial charge in [0.1, 0.15) is 0 Å². The molecule has 1 aliphatic carbocycles. The molecule has 3 rings (SSSR count). The third-order valence-corrected chi connectivity index (χ3v) is 4.71. The lowest BCUT2D eigenvalue weighted by atomic mass is 10.0. The van der Waals surface area contributed by atoms with Gasteiger partial charge in [-0.15, -0.1) is 0 Å². The summed E-state index contributed by atoms with van der Waals surface area (Å²) < 4.78 is 0. The van der Waals surface area contributed by atoms with E-state index in [-0.39, 0.29) is 5.91 Å². The van der Waals surface area contributed by atoms with Crippen LogP contribution in [0.25, 0.3) is 0 Å². The van der Waals surface area contributed by atoms with Gasteiger partial charge in [0.05, 0.1) is 0 Å². The van der Waals surface area contributed by atoms with Crippen LogP contribution in [0.1, 0.15) is 54.9 Å². The van der Waals surface area contributed by atoms with Gasteiger partial charge in [-0.05, 0) is 50.3 Å². The van der Waals surface area contributed by atoms with Crippen LogP contribution < -0.4 is 5.32 Å². The summed E-state index contributed by atoms with van der Waals surface area (Å²) in [5, 5.41) is 3.57. The van der Waals surface area contributed by atoms with Crippen LogP contribution in [0.4, 0.5) is 0 Å². The van der Waals surface area contributed by atoms with Crippen LogP contribution in [-0.2, 0) is 6.42 Å². The molecule has 0 aromatic heterocycles. The molecule has 1 aromatic rings. The monoisotopic (exact) mass is 286 g/mol. The maximum atomic E-state index is 13.0. The molecule has 1 amide bonds. The first-order valence-electron chi connectivity index (χ1n) is 8.42. The Bertz CT molecular complexity index is 490. The summed E-state index contributed by atoms with van der Waals surface area (Å²) in [4.78, 5) is 15.1. The molecule has 1 heterocycles. The van der Waals surface area contributed by atoms with Gasteiger partial charge in [0.25, 0.3) is 5.91 Å². The quantitative estimate of drug-likeness (QED) is 0.902. The number of nitrogens with one attached hydrogen (secondary N) is 1. The van der Waals surface area contributed by atoms with E-state index in [0.29, 0.717) is 12.1 Å². The number of aryl methyl sites for hydroxylation is 1. The molecule has 2 fully saturated rings. The van der Waals surface area contributed by atoms with E-state index in [2.05, 4.69) is 23.2 Å². The number of benzene rings is 1. The van der Waals surface area contributed by atoms with Crippen LogP contribution in [0.3, 0.4) is 0 Å². The molecule has 0 bridgehead atoms. The van der Waals surface area contributed by atoms with Crippen LogP contribution in [0, 0.1) is 0 Å². The highest BCUT2D eigenvalue weighted by molar-refractivity contribution is 5.96. The highest BCUT2D eigenvalue weighted by Gasteiger charge is 2.35. The van der Waals surface area contributed by atoms with Crippen molar-refractivity contribution in [2.75, 3.05) is 13.1 Å². The second-order valence-corrected chi connectivity index (χ2v) is 6.35. The predicted octanol–water partition coefficient (Wildman–Crippen LogP) is 3.00. The van der Waals surface area contributed by atoms with Crippen molar-refractivity contribution in [2.24, 2.45) is 0 Å². The molecule has 1 aromatic carbocycles.